The number of rotatable bonds is 9. The molecule has 0 aromatic heterocycles. The van der Waals surface area contributed by atoms with Gasteiger partial charge in [-0.15, -0.1) is 0 Å². The predicted octanol–water partition coefficient (Wildman–Crippen LogP) is 0.772. The predicted molar refractivity (Wildman–Crippen MR) is 83.8 cm³/mol. The summed E-state index contributed by atoms with van der Waals surface area (Å²) in [6.07, 6.45) is 1.51. The van der Waals surface area contributed by atoms with Crippen LogP contribution in [0.15, 0.2) is 0 Å². The Morgan fingerprint density at radius 2 is 1.81 bits per heavy atom. The maximum atomic E-state index is 11.4. The van der Waals surface area contributed by atoms with Gasteiger partial charge in [0.05, 0.1) is 6.26 Å². The Morgan fingerprint density at radius 1 is 1.19 bits per heavy atom. The molecular formula is C13H29N3O4S. The van der Waals surface area contributed by atoms with E-state index in [1.807, 2.05) is 27.7 Å². The van der Waals surface area contributed by atoms with E-state index in [1.165, 1.54) is 10.6 Å². The molecule has 0 rings (SSSR count). The van der Waals surface area contributed by atoms with Crippen molar-refractivity contribution >= 4 is 16.1 Å². The van der Waals surface area contributed by atoms with Crippen molar-refractivity contribution in [3.8, 4) is 0 Å². The average molecular weight is 323 g/mol. The molecule has 2 N–H and O–H groups in total. The van der Waals surface area contributed by atoms with Crippen LogP contribution in [-0.4, -0.2) is 63.4 Å². The second kappa shape index (κ2) is 9.22. The van der Waals surface area contributed by atoms with Crippen LogP contribution >= 0.6 is 0 Å². The zero-order valence-electron chi connectivity index (χ0n) is 13.7. The van der Waals surface area contributed by atoms with Crippen molar-refractivity contribution in [2.75, 3.05) is 39.0 Å². The van der Waals surface area contributed by atoms with Crippen molar-refractivity contribution in [2.24, 2.45) is 0 Å². The maximum Gasteiger partial charge on any atom is 0.407 e. The molecule has 0 saturated heterocycles. The first kappa shape index (κ1) is 20.1. The van der Waals surface area contributed by atoms with Gasteiger partial charge in [-0.25, -0.2) is 17.5 Å². The second-order valence-corrected chi connectivity index (χ2v) is 7.77. The highest BCUT2D eigenvalue weighted by Crippen LogP contribution is 2.05. The van der Waals surface area contributed by atoms with Gasteiger partial charge in [-0.3, -0.25) is 0 Å². The molecule has 0 atom stereocenters. The van der Waals surface area contributed by atoms with E-state index in [9.17, 15) is 13.2 Å². The summed E-state index contributed by atoms with van der Waals surface area (Å²) in [6, 6.07) is 0. The quantitative estimate of drug-likeness (QED) is 0.612. The van der Waals surface area contributed by atoms with Crippen LogP contribution in [0, 0.1) is 0 Å². The van der Waals surface area contributed by atoms with E-state index in [-0.39, 0.29) is 0 Å². The molecule has 0 aliphatic carbocycles. The zero-order chi connectivity index (χ0) is 16.5. The van der Waals surface area contributed by atoms with Crippen LogP contribution in [0.3, 0.4) is 0 Å². The first-order valence-electron chi connectivity index (χ1n) is 7.19. The normalized spacial score (nSPS) is 12.5. The van der Waals surface area contributed by atoms with Crippen molar-refractivity contribution in [3.63, 3.8) is 0 Å². The lowest BCUT2D eigenvalue weighted by molar-refractivity contribution is 0.0528. The van der Waals surface area contributed by atoms with Gasteiger partial charge in [-0.05, 0) is 33.7 Å². The third-order valence-corrected chi connectivity index (χ3v) is 3.93. The van der Waals surface area contributed by atoms with E-state index >= 15 is 0 Å². The van der Waals surface area contributed by atoms with Gasteiger partial charge in [0.1, 0.15) is 5.60 Å². The Kier molecular flexibility index (Phi) is 8.84. The van der Waals surface area contributed by atoms with Gasteiger partial charge in [-0.2, -0.15) is 0 Å². The molecule has 0 bridgehead atoms. The summed E-state index contributed by atoms with van der Waals surface area (Å²) in [4.78, 5) is 11.4. The van der Waals surface area contributed by atoms with E-state index in [0.29, 0.717) is 32.7 Å². The smallest absolute Gasteiger partial charge is 0.407 e. The molecule has 0 spiro atoms. The SMILES string of the molecule is CCN(CCCNCCNC(=O)OC(C)(C)C)S(C)(=O)=O. The number of sulfonamides is 1. The molecule has 0 unspecified atom stereocenters. The number of alkyl carbamates (subject to hydrolysis) is 1. The lowest BCUT2D eigenvalue weighted by atomic mass is 10.2. The summed E-state index contributed by atoms with van der Waals surface area (Å²) >= 11 is 0. The molecule has 0 radical (unpaired) electrons. The van der Waals surface area contributed by atoms with Crippen molar-refractivity contribution in [3.05, 3.63) is 0 Å². The van der Waals surface area contributed by atoms with Crippen LogP contribution in [0.5, 0.6) is 0 Å². The Morgan fingerprint density at radius 3 is 2.29 bits per heavy atom. The summed E-state index contributed by atoms with van der Waals surface area (Å²) in [7, 11) is -3.11. The Balaban J connectivity index is 3.63. The molecule has 0 heterocycles. The van der Waals surface area contributed by atoms with Crippen LogP contribution < -0.4 is 10.6 Å². The van der Waals surface area contributed by atoms with Gasteiger partial charge in [0.15, 0.2) is 0 Å². The Bertz CT molecular complexity index is 404. The molecule has 0 aliphatic heterocycles. The first-order chi connectivity index (χ1) is 9.56. The van der Waals surface area contributed by atoms with E-state index in [4.69, 9.17) is 4.74 Å². The molecule has 126 valence electrons. The highest BCUT2D eigenvalue weighted by molar-refractivity contribution is 7.88. The monoisotopic (exact) mass is 323 g/mol. The summed E-state index contributed by atoms with van der Waals surface area (Å²) in [5.41, 5.74) is -0.493. The zero-order valence-corrected chi connectivity index (χ0v) is 14.5. The lowest BCUT2D eigenvalue weighted by Crippen LogP contribution is -2.37. The number of nitrogens with one attached hydrogen (secondary N) is 2. The number of ether oxygens (including phenoxy) is 1. The Labute approximate surface area is 128 Å². The van der Waals surface area contributed by atoms with Crippen molar-refractivity contribution in [1.82, 2.24) is 14.9 Å². The molecule has 0 fully saturated rings. The largest absolute Gasteiger partial charge is 0.444 e. The summed E-state index contributed by atoms with van der Waals surface area (Å²) in [5, 5.41) is 5.79. The average Bonchev–Trinajstić information content (AvgIpc) is 2.28. The molecule has 1 amide bonds. The van der Waals surface area contributed by atoms with Gasteiger partial charge in [0.25, 0.3) is 0 Å². The van der Waals surface area contributed by atoms with Crippen LogP contribution in [0.25, 0.3) is 0 Å². The molecule has 0 saturated carbocycles. The second-order valence-electron chi connectivity index (χ2n) is 5.79. The molecule has 21 heavy (non-hydrogen) atoms. The van der Waals surface area contributed by atoms with E-state index in [0.717, 1.165) is 6.42 Å². The minimum absolute atomic E-state index is 0.432. The van der Waals surface area contributed by atoms with Gasteiger partial charge in [0, 0.05) is 26.2 Å². The summed E-state index contributed by atoms with van der Waals surface area (Å²) in [5.74, 6) is 0. The Hall–Kier alpha value is -0.860. The fourth-order valence-corrected chi connectivity index (χ4v) is 2.56. The van der Waals surface area contributed by atoms with Crippen molar-refractivity contribution in [1.29, 1.82) is 0 Å². The van der Waals surface area contributed by atoms with Crippen LogP contribution in [0.2, 0.25) is 0 Å². The highest BCUT2D eigenvalue weighted by Gasteiger charge is 2.15. The summed E-state index contributed by atoms with van der Waals surface area (Å²) in [6.45, 7) is 10.0. The van der Waals surface area contributed by atoms with Crippen molar-refractivity contribution in [2.45, 2.75) is 39.7 Å². The highest BCUT2D eigenvalue weighted by atomic mass is 32.2. The molecule has 0 aromatic rings. The molecule has 8 heteroatoms. The van der Waals surface area contributed by atoms with E-state index in [1.54, 1.807) is 0 Å². The third kappa shape index (κ3) is 11.5. The minimum atomic E-state index is -3.11. The third-order valence-electron chi connectivity index (χ3n) is 2.55. The van der Waals surface area contributed by atoms with Gasteiger partial charge >= 0.3 is 6.09 Å². The van der Waals surface area contributed by atoms with E-state index < -0.39 is 21.7 Å². The number of hydrogen-bond acceptors (Lipinski definition) is 5. The summed E-state index contributed by atoms with van der Waals surface area (Å²) < 4.78 is 29.3. The van der Waals surface area contributed by atoms with Gasteiger partial charge in [0.2, 0.25) is 10.0 Å². The van der Waals surface area contributed by atoms with Gasteiger partial charge < -0.3 is 15.4 Å². The standard InChI is InChI=1S/C13H29N3O4S/c1-6-16(21(5,18)19)11-7-8-14-9-10-15-12(17)20-13(2,3)4/h14H,6-11H2,1-5H3,(H,15,17). The molecule has 7 nitrogen and oxygen atoms in total. The molecular weight excluding hydrogens is 294 g/mol. The van der Waals surface area contributed by atoms with Crippen LogP contribution in [0.4, 0.5) is 4.79 Å². The molecule has 0 aromatic carbocycles. The lowest BCUT2D eigenvalue weighted by Gasteiger charge is -2.20. The number of amides is 1. The van der Waals surface area contributed by atoms with Crippen LogP contribution in [0.1, 0.15) is 34.1 Å². The maximum absolute atomic E-state index is 11.4. The topological polar surface area (TPSA) is 87.7 Å². The molecule has 0 aliphatic rings. The fourth-order valence-electron chi connectivity index (χ4n) is 1.63. The first-order valence-corrected chi connectivity index (χ1v) is 9.04. The van der Waals surface area contributed by atoms with Crippen molar-refractivity contribution < 1.29 is 17.9 Å². The number of hydrogen-bond donors (Lipinski definition) is 2. The number of carbonyl (C=O) groups is 1. The number of carbonyl (C=O) groups excluding carboxylic acids is 1. The number of nitrogens with zero attached hydrogens (tertiary/aromatic N) is 1. The van der Waals surface area contributed by atoms with Crippen LogP contribution in [-0.2, 0) is 14.8 Å². The van der Waals surface area contributed by atoms with Gasteiger partial charge in [-0.1, -0.05) is 6.92 Å². The van der Waals surface area contributed by atoms with E-state index in [2.05, 4.69) is 10.6 Å². The fraction of sp³-hybridized carbons (Fsp3) is 0.923. The minimum Gasteiger partial charge on any atom is -0.444 e.